The fourth-order valence-electron chi connectivity index (χ4n) is 1.88. The van der Waals surface area contributed by atoms with Gasteiger partial charge in [-0.05, 0) is 22.0 Å². The van der Waals surface area contributed by atoms with Crippen molar-refractivity contribution >= 4 is 45.7 Å². The molecular weight excluding hydrogens is 628 g/mol. The van der Waals surface area contributed by atoms with Gasteiger partial charge in [0.15, 0.2) is 0 Å². The van der Waals surface area contributed by atoms with Crippen LogP contribution in [0.25, 0.3) is 0 Å². The SMILES string of the molecule is CC(C)(C)c1ccccc1.CC(C)(C)c1ccccc1.F[B-](F)(F)F.F[B-](F)(F)F.F[B-](F)(F)F.I. The molecule has 0 heterocycles. The first-order chi connectivity index (χ1) is 15.2. The van der Waals surface area contributed by atoms with Gasteiger partial charge in [-0.1, -0.05) is 102 Å². The minimum absolute atomic E-state index is 0. The molecule has 0 spiro atoms. The Labute approximate surface area is 221 Å². The van der Waals surface area contributed by atoms with Crippen molar-refractivity contribution in [2.45, 2.75) is 52.4 Å². The summed E-state index contributed by atoms with van der Waals surface area (Å²) in [5.41, 5.74) is 3.38. The molecule has 0 aliphatic carbocycles. The van der Waals surface area contributed by atoms with E-state index in [4.69, 9.17) is 0 Å². The molecule has 0 unspecified atom stereocenters. The molecule has 0 bridgehead atoms. The Morgan fingerprint density at radius 1 is 0.389 bits per heavy atom. The highest BCUT2D eigenvalue weighted by atomic mass is 127. The van der Waals surface area contributed by atoms with Crippen molar-refractivity contribution < 1.29 is 51.8 Å². The zero-order valence-electron chi connectivity index (χ0n) is 20.4. The quantitative estimate of drug-likeness (QED) is 0.150. The largest absolute Gasteiger partial charge is 0.673 e. The molecule has 0 atom stereocenters. The van der Waals surface area contributed by atoms with Crippen molar-refractivity contribution in [2.75, 3.05) is 0 Å². The highest BCUT2D eigenvalue weighted by molar-refractivity contribution is 14.0. The second kappa shape index (κ2) is 17.9. The maximum atomic E-state index is 9.75. The smallest absolute Gasteiger partial charge is 0.418 e. The predicted molar refractivity (Wildman–Crippen MR) is 136 cm³/mol. The summed E-state index contributed by atoms with van der Waals surface area (Å²) in [4.78, 5) is 0. The van der Waals surface area contributed by atoms with E-state index in [1.165, 1.54) is 11.1 Å². The van der Waals surface area contributed by atoms with Crippen LogP contribution in [0.1, 0.15) is 52.7 Å². The average molecular weight is 657 g/mol. The summed E-state index contributed by atoms with van der Waals surface area (Å²) >= 11 is 0. The van der Waals surface area contributed by atoms with E-state index in [1.54, 1.807) is 0 Å². The lowest BCUT2D eigenvalue weighted by Crippen LogP contribution is -2.10. The van der Waals surface area contributed by atoms with Crippen LogP contribution in [0.3, 0.4) is 0 Å². The van der Waals surface area contributed by atoms with Crippen LogP contribution in [0.15, 0.2) is 60.7 Å². The van der Waals surface area contributed by atoms with Gasteiger partial charge in [-0.2, -0.15) is 0 Å². The zero-order chi connectivity index (χ0) is 28.7. The van der Waals surface area contributed by atoms with Crippen LogP contribution in [-0.2, 0) is 10.8 Å². The summed E-state index contributed by atoms with van der Waals surface area (Å²) in [5, 5.41) is 0. The van der Waals surface area contributed by atoms with E-state index in [9.17, 15) is 51.8 Å². The Hall–Kier alpha value is -1.48. The number of hydrogen-bond acceptors (Lipinski definition) is 0. The molecule has 0 amide bonds. The Kier molecular flexibility index (Phi) is 20.7. The van der Waals surface area contributed by atoms with Crippen molar-refractivity contribution in [3.05, 3.63) is 71.8 Å². The zero-order valence-corrected chi connectivity index (χ0v) is 22.8. The van der Waals surface area contributed by atoms with E-state index in [2.05, 4.69) is 102 Å². The standard InChI is InChI=1S/2C10H14.3BF4.HI/c2*1-10(2,3)9-7-5-4-6-8-9;3*2-1(3,4)5;/h2*4-8H,1-3H3;;;;1H/q;;3*-1;. The molecule has 2 rings (SSSR count). The molecule has 0 aromatic heterocycles. The van der Waals surface area contributed by atoms with E-state index < -0.39 is 21.8 Å². The number of hydrogen-bond donors (Lipinski definition) is 0. The van der Waals surface area contributed by atoms with E-state index in [1.807, 2.05) is 0 Å². The second-order valence-electron chi connectivity index (χ2n) is 8.72. The van der Waals surface area contributed by atoms with Gasteiger partial charge >= 0.3 is 21.8 Å². The molecule has 0 saturated carbocycles. The maximum absolute atomic E-state index is 9.75. The molecule has 0 nitrogen and oxygen atoms in total. The lowest BCUT2D eigenvalue weighted by Gasteiger charge is -2.18. The summed E-state index contributed by atoms with van der Waals surface area (Å²) < 4.78 is 117. The van der Waals surface area contributed by atoms with Crippen LogP contribution < -0.4 is 0 Å². The summed E-state index contributed by atoms with van der Waals surface area (Å²) in [5.74, 6) is 0. The number of halogens is 13. The van der Waals surface area contributed by atoms with Crippen LogP contribution in [0, 0.1) is 0 Å². The third kappa shape index (κ3) is 45.9. The molecule has 212 valence electrons. The van der Waals surface area contributed by atoms with Gasteiger partial charge in [-0.25, -0.2) is 0 Å². The summed E-state index contributed by atoms with van der Waals surface area (Å²) in [6.45, 7) is 13.3. The Balaban J connectivity index is -0.000000185. The number of benzene rings is 2. The molecule has 2 aromatic rings. The topological polar surface area (TPSA) is 0 Å². The van der Waals surface area contributed by atoms with Crippen LogP contribution >= 0.6 is 24.0 Å². The van der Waals surface area contributed by atoms with Crippen LogP contribution in [0.2, 0.25) is 0 Å². The molecule has 0 fully saturated rings. The van der Waals surface area contributed by atoms with Crippen molar-refractivity contribution in [1.82, 2.24) is 0 Å². The van der Waals surface area contributed by atoms with Crippen molar-refractivity contribution in [1.29, 1.82) is 0 Å². The van der Waals surface area contributed by atoms with Crippen LogP contribution in [0.4, 0.5) is 51.8 Å². The second-order valence-corrected chi connectivity index (χ2v) is 8.72. The molecule has 0 aliphatic rings. The highest BCUT2D eigenvalue weighted by Gasteiger charge is 2.21. The fourth-order valence-corrected chi connectivity index (χ4v) is 1.88. The van der Waals surface area contributed by atoms with E-state index in [0.29, 0.717) is 10.8 Å². The molecule has 16 heteroatoms. The molecule has 0 saturated heterocycles. The maximum Gasteiger partial charge on any atom is 0.673 e. The van der Waals surface area contributed by atoms with Gasteiger partial charge in [0.25, 0.3) is 0 Å². The molecular formula is C20H29B3F12I-3. The van der Waals surface area contributed by atoms with Crippen molar-refractivity contribution in [2.24, 2.45) is 0 Å². The Morgan fingerprint density at radius 2 is 0.528 bits per heavy atom. The summed E-state index contributed by atoms with van der Waals surface area (Å²) in [6.07, 6.45) is 0. The van der Waals surface area contributed by atoms with Gasteiger partial charge in [-0.3, -0.25) is 0 Å². The molecule has 2 aromatic carbocycles. The first-order valence-electron chi connectivity index (χ1n) is 9.94. The van der Waals surface area contributed by atoms with Gasteiger partial charge in [0.05, 0.1) is 0 Å². The fraction of sp³-hybridized carbons (Fsp3) is 0.400. The van der Waals surface area contributed by atoms with Gasteiger partial charge in [-0.15, -0.1) is 24.0 Å². The van der Waals surface area contributed by atoms with E-state index >= 15 is 0 Å². The van der Waals surface area contributed by atoms with Crippen LogP contribution in [0.5, 0.6) is 0 Å². The van der Waals surface area contributed by atoms with Crippen molar-refractivity contribution in [3.63, 3.8) is 0 Å². The van der Waals surface area contributed by atoms with Gasteiger partial charge in [0.2, 0.25) is 0 Å². The molecule has 0 aliphatic heterocycles. The van der Waals surface area contributed by atoms with Gasteiger partial charge in [0.1, 0.15) is 0 Å². The monoisotopic (exact) mass is 657 g/mol. The molecule has 0 radical (unpaired) electrons. The van der Waals surface area contributed by atoms with Crippen molar-refractivity contribution in [3.8, 4) is 0 Å². The third-order valence-electron chi connectivity index (χ3n) is 3.28. The third-order valence-corrected chi connectivity index (χ3v) is 3.28. The lowest BCUT2D eigenvalue weighted by molar-refractivity contribution is 0.366. The Morgan fingerprint density at radius 3 is 0.611 bits per heavy atom. The minimum Gasteiger partial charge on any atom is -0.418 e. The normalized spacial score (nSPS) is 11.4. The first-order valence-corrected chi connectivity index (χ1v) is 9.94. The number of rotatable bonds is 0. The van der Waals surface area contributed by atoms with Gasteiger partial charge < -0.3 is 51.8 Å². The predicted octanol–water partition coefficient (Wildman–Crippen LogP) is 10.5. The van der Waals surface area contributed by atoms with E-state index in [0.717, 1.165) is 0 Å². The molecule has 36 heavy (non-hydrogen) atoms. The van der Waals surface area contributed by atoms with Crippen LogP contribution in [-0.4, -0.2) is 21.8 Å². The summed E-state index contributed by atoms with van der Waals surface area (Å²) in [6, 6.07) is 21.1. The van der Waals surface area contributed by atoms with E-state index in [-0.39, 0.29) is 24.0 Å². The first kappa shape index (κ1) is 41.6. The van der Waals surface area contributed by atoms with Gasteiger partial charge in [0, 0.05) is 0 Å². The average Bonchev–Trinajstić information content (AvgIpc) is 2.58. The highest BCUT2D eigenvalue weighted by Crippen LogP contribution is 2.21. The lowest BCUT2D eigenvalue weighted by atomic mass is 9.87. The summed E-state index contributed by atoms with van der Waals surface area (Å²) in [7, 11) is -18.0. The molecule has 0 N–H and O–H groups in total. The Bertz CT molecular complexity index is 671. The minimum atomic E-state index is -6.00.